The predicted molar refractivity (Wildman–Crippen MR) is 77.3 cm³/mol. The van der Waals surface area contributed by atoms with Gasteiger partial charge in [-0.25, -0.2) is 0 Å². The van der Waals surface area contributed by atoms with E-state index in [1.54, 1.807) is 31.2 Å². The van der Waals surface area contributed by atoms with Gasteiger partial charge in [0.05, 0.1) is 11.3 Å². The summed E-state index contributed by atoms with van der Waals surface area (Å²) >= 11 is 0. The van der Waals surface area contributed by atoms with Gasteiger partial charge in [-0.2, -0.15) is 0 Å². The third-order valence-corrected chi connectivity index (χ3v) is 3.75. The lowest BCUT2D eigenvalue weighted by Gasteiger charge is -2.26. The van der Waals surface area contributed by atoms with Gasteiger partial charge in [0.25, 0.3) is 0 Å². The maximum absolute atomic E-state index is 12.1. The third kappa shape index (κ3) is 3.81. The Bertz CT molecular complexity index is 455. The summed E-state index contributed by atoms with van der Waals surface area (Å²) in [4.78, 5) is 23.4. The van der Waals surface area contributed by atoms with Crippen LogP contribution in [-0.4, -0.2) is 30.1 Å². The Morgan fingerprint density at radius 3 is 2.40 bits per heavy atom. The summed E-state index contributed by atoms with van der Waals surface area (Å²) in [5, 5.41) is 12.0. The first kappa shape index (κ1) is 16.2. The van der Waals surface area contributed by atoms with Crippen LogP contribution in [0.5, 0.6) is 0 Å². The van der Waals surface area contributed by atoms with Crippen LogP contribution in [0.4, 0.5) is 0 Å². The van der Waals surface area contributed by atoms with Gasteiger partial charge in [-0.05, 0) is 18.9 Å². The fourth-order valence-electron chi connectivity index (χ4n) is 1.84. The number of hydrogen-bond donors (Lipinski definition) is 3. The van der Waals surface area contributed by atoms with Gasteiger partial charge in [0.15, 0.2) is 0 Å². The molecule has 0 fully saturated rings. The largest absolute Gasteiger partial charge is 0.481 e. The molecular formula is C15H22N2O3. The summed E-state index contributed by atoms with van der Waals surface area (Å²) in [6.07, 6.45) is 0.610. The minimum Gasteiger partial charge on any atom is -0.481 e. The maximum atomic E-state index is 12.1. The molecule has 0 bridgehead atoms. The Labute approximate surface area is 119 Å². The highest BCUT2D eigenvalue weighted by molar-refractivity contribution is 5.84. The van der Waals surface area contributed by atoms with Crippen LogP contribution in [0.3, 0.4) is 0 Å². The van der Waals surface area contributed by atoms with Crippen molar-refractivity contribution in [2.45, 2.75) is 26.2 Å². The molecule has 0 aliphatic rings. The highest BCUT2D eigenvalue weighted by Gasteiger charge is 2.30. The van der Waals surface area contributed by atoms with E-state index < -0.39 is 17.3 Å². The lowest BCUT2D eigenvalue weighted by atomic mass is 9.86. The number of rotatable bonds is 7. The standard InChI is InChI=1S/C15H22N2O3/c1-3-15(2,10-16)14(20)17-9-12(13(18)19)11-7-5-4-6-8-11/h4-8,12H,3,9-10,16H2,1-2H3,(H,17,20)(H,18,19). The normalized spacial score (nSPS) is 15.2. The number of benzene rings is 1. The van der Waals surface area contributed by atoms with Gasteiger partial charge in [0.2, 0.25) is 5.91 Å². The van der Waals surface area contributed by atoms with Crippen LogP contribution in [0.2, 0.25) is 0 Å². The van der Waals surface area contributed by atoms with Crippen molar-refractivity contribution in [2.24, 2.45) is 11.1 Å². The van der Waals surface area contributed by atoms with Gasteiger partial charge in [0.1, 0.15) is 0 Å². The number of carboxylic acids is 1. The number of aliphatic carboxylic acids is 1. The van der Waals surface area contributed by atoms with Gasteiger partial charge in [-0.15, -0.1) is 0 Å². The number of carboxylic acid groups (broad SMARTS) is 1. The van der Waals surface area contributed by atoms with Crippen LogP contribution >= 0.6 is 0 Å². The molecule has 0 heterocycles. The minimum absolute atomic E-state index is 0.0633. The van der Waals surface area contributed by atoms with Crippen LogP contribution in [0.15, 0.2) is 30.3 Å². The zero-order valence-corrected chi connectivity index (χ0v) is 11.9. The lowest BCUT2D eigenvalue weighted by Crippen LogP contribution is -2.45. The first-order valence-electron chi connectivity index (χ1n) is 6.70. The molecule has 0 saturated heterocycles. The number of nitrogens with two attached hydrogens (primary N) is 1. The molecule has 0 radical (unpaired) electrons. The molecular weight excluding hydrogens is 256 g/mol. The van der Waals surface area contributed by atoms with E-state index in [-0.39, 0.29) is 19.0 Å². The van der Waals surface area contributed by atoms with E-state index in [0.717, 1.165) is 0 Å². The number of nitrogens with one attached hydrogen (secondary N) is 1. The van der Waals surface area contributed by atoms with Crippen molar-refractivity contribution in [1.29, 1.82) is 0 Å². The summed E-state index contributed by atoms with van der Waals surface area (Å²) in [7, 11) is 0. The van der Waals surface area contributed by atoms with Crippen LogP contribution < -0.4 is 11.1 Å². The molecule has 5 heteroatoms. The lowest BCUT2D eigenvalue weighted by molar-refractivity contribution is -0.139. The Morgan fingerprint density at radius 1 is 1.35 bits per heavy atom. The summed E-state index contributed by atoms with van der Waals surface area (Å²) in [6.45, 7) is 3.96. The van der Waals surface area contributed by atoms with Crippen LogP contribution in [0.1, 0.15) is 31.7 Å². The minimum atomic E-state index is -0.956. The number of carbonyl (C=O) groups is 2. The Hall–Kier alpha value is -1.88. The molecule has 110 valence electrons. The van der Waals surface area contributed by atoms with Crippen molar-refractivity contribution in [3.63, 3.8) is 0 Å². The Morgan fingerprint density at radius 2 is 1.95 bits per heavy atom. The molecule has 20 heavy (non-hydrogen) atoms. The van der Waals surface area contributed by atoms with Crippen molar-refractivity contribution in [2.75, 3.05) is 13.1 Å². The number of carbonyl (C=O) groups excluding carboxylic acids is 1. The van der Waals surface area contributed by atoms with Gasteiger partial charge in [0, 0.05) is 13.1 Å². The number of hydrogen-bond acceptors (Lipinski definition) is 3. The molecule has 2 unspecified atom stereocenters. The van der Waals surface area contributed by atoms with E-state index in [1.807, 2.05) is 13.0 Å². The van der Waals surface area contributed by atoms with Crippen molar-refractivity contribution in [3.8, 4) is 0 Å². The first-order chi connectivity index (χ1) is 9.44. The second-order valence-corrected chi connectivity index (χ2v) is 5.13. The zero-order chi connectivity index (χ0) is 15.2. The molecule has 5 nitrogen and oxygen atoms in total. The molecule has 4 N–H and O–H groups in total. The Balaban J connectivity index is 2.75. The summed E-state index contributed by atoms with van der Waals surface area (Å²) in [6, 6.07) is 8.87. The molecule has 0 spiro atoms. The summed E-state index contributed by atoms with van der Waals surface area (Å²) in [5.74, 6) is -1.91. The Kier molecular flexibility index (Phi) is 5.70. The van der Waals surface area contributed by atoms with Crippen LogP contribution in [-0.2, 0) is 9.59 Å². The molecule has 1 rings (SSSR count). The number of amides is 1. The second kappa shape index (κ2) is 7.05. The van der Waals surface area contributed by atoms with Gasteiger partial charge in [-0.1, -0.05) is 37.3 Å². The summed E-state index contributed by atoms with van der Waals surface area (Å²) < 4.78 is 0. The third-order valence-electron chi connectivity index (χ3n) is 3.75. The molecule has 1 aromatic rings. The van der Waals surface area contributed by atoms with Gasteiger partial charge < -0.3 is 16.2 Å². The average molecular weight is 278 g/mol. The quantitative estimate of drug-likeness (QED) is 0.702. The van der Waals surface area contributed by atoms with Crippen molar-refractivity contribution < 1.29 is 14.7 Å². The maximum Gasteiger partial charge on any atom is 0.312 e. The highest BCUT2D eigenvalue weighted by atomic mass is 16.4. The first-order valence-corrected chi connectivity index (χ1v) is 6.70. The molecule has 0 aliphatic carbocycles. The molecule has 0 aromatic heterocycles. The van der Waals surface area contributed by atoms with Crippen molar-refractivity contribution in [1.82, 2.24) is 5.32 Å². The van der Waals surface area contributed by atoms with Gasteiger partial charge >= 0.3 is 5.97 Å². The highest BCUT2D eigenvalue weighted by Crippen LogP contribution is 2.20. The molecule has 1 aromatic carbocycles. The van der Waals surface area contributed by atoms with Crippen LogP contribution in [0, 0.1) is 5.41 Å². The smallest absolute Gasteiger partial charge is 0.312 e. The van der Waals surface area contributed by atoms with E-state index in [4.69, 9.17) is 5.73 Å². The monoisotopic (exact) mass is 278 g/mol. The molecule has 0 saturated carbocycles. The average Bonchev–Trinajstić information content (AvgIpc) is 2.47. The summed E-state index contributed by atoms with van der Waals surface area (Å²) in [5.41, 5.74) is 5.64. The second-order valence-electron chi connectivity index (χ2n) is 5.13. The van der Waals surface area contributed by atoms with Crippen LogP contribution in [0.25, 0.3) is 0 Å². The zero-order valence-electron chi connectivity index (χ0n) is 11.9. The van der Waals surface area contributed by atoms with E-state index >= 15 is 0 Å². The molecule has 2 atom stereocenters. The molecule has 1 amide bonds. The fraction of sp³-hybridized carbons (Fsp3) is 0.467. The van der Waals surface area contributed by atoms with Crippen molar-refractivity contribution in [3.05, 3.63) is 35.9 Å². The predicted octanol–water partition coefficient (Wildman–Crippen LogP) is 1.35. The van der Waals surface area contributed by atoms with E-state index in [1.165, 1.54) is 0 Å². The topological polar surface area (TPSA) is 92.4 Å². The van der Waals surface area contributed by atoms with E-state index in [2.05, 4.69) is 5.32 Å². The van der Waals surface area contributed by atoms with Gasteiger partial charge in [-0.3, -0.25) is 9.59 Å². The molecule has 0 aliphatic heterocycles. The SMILES string of the molecule is CCC(C)(CN)C(=O)NCC(C(=O)O)c1ccccc1. The van der Waals surface area contributed by atoms with E-state index in [9.17, 15) is 14.7 Å². The fourth-order valence-corrected chi connectivity index (χ4v) is 1.84. The van der Waals surface area contributed by atoms with Crippen molar-refractivity contribution >= 4 is 11.9 Å². The van der Waals surface area contributed by atoms with E-state index in [0.29, 0.717) is 12.0 Å².